The van der Waals surface area contributed by atoms with E-state index < -0.39 is 0 Å². The Balaban J connectivity index is 1.31. The van der Waals surface area contributed by atoms with Gasteiger partial charge in [0.05, 0.1) is 16.8 Å². The maximum absolute atomic E-state index is 13.0. The quantitative estimate of drug-likeness (QED) is 0.278. The second kappa shape index (κ2) is 12.0. The first kappa shape index (κ1) is 27.5. The van der Waals surface area contributed by atoms with Gasteiger partial charge in [0, 0.05) is 43.3 Å². The Morgan fingerprint density at radius 3 is 2.17 bits per heavy atom. The van der Waals surface area contributed by atoms with Crippen LogP contribution in [0.1, 0.15) is 44.1 Å². The molecule has 0 radical (unpaired) electrons. The normalized spacial score (nSPS) is 15.2. The molecule has 2 aromatic carbocycles. The van der Waals surface area contributed by atoms with E-state index in [-0.39, 0.29) is 23.6 Å². The van der Waals surface area contributed by atoms with Gasteiger partial charge in [0.15, 0.2) is 0 Å². The first-order valence-corrected chi connectivity index (χ1v) is 13.5. The molecule has 0 unspecified atom stereocenters. The summed E-state index contributed by atoms with van der Waals surface area (Å²) in [5, 5.41) is 15.9. The Morgan fingerprint density at radius 2 is 1.55 bits per heavy atom. The predicted octanol–water partition coefficient (Wildman–Crippen LogP) is 5.49. The van der Waals surface area contributed by atoms with E-state index in [1.807, 2.05) is 56.3 Å². The molecule has 8 nitrogen and oxygen atoms in total. The zero-order chi connectivity index (χ0) is 28.2. The zero-order valence-electron chi connectivity index (χ0n) is 22.3. The smallest absolute Gasteiger partial charge is 0.274 e. The fourth-order valence-corrected chi connectivity index (χ4v) is 5.02. The molecule has 2 amide bonds. The highest BCUT2D eigenvalue weighted by Gasteiger charge is 2.21. The molecular weight excluding hydrogens is 526 g/mol. The molecule has 1 saturated heterocycles. The number of pyridine rings is 2. The number of hydrogen-bond donors (Lipinski definition) is 3. The molecule has 4 aromatic rings. The molecule has 0 saturated carbocycles. The molecule has 1 fully saturated rings. The monoisotopic (exact) mass is 555 g/mol. The Bertz CT molecular complexity index is 1540. The van der Waals surface area contributed by atoms with Gasteiger partial charge in [-0.15, -0.1) is 0 Å². The van der Waals surface area contributed by atoms with Crippen molar-refractivity contribution in [1.82, 2.24) is 14.9 Å². The van der Waals surface area contributed by atoms with Crippen molar-refractivity contribution in [1.29, 1.82) is 0 Å². The highest BCUT2D eigenvalue weighted by Crippen LogP contribution is 2.37. The SMILES string of the molecule is Cc1ccc(C(=O)Nc2cccc(-c3cccc(NC(=O)c4ccc(CN5CC[C@@H](O)C5)cn4)c3Cl)c2C)nc1. The third-order valence-corrected chi connectivity index (χ3v) is 7.38. The van der Waals surface area contributed by atoms with Crippen LogP contribution >= 0.6 is 11.6 Å². The summed E-state index contributed by atoms with van der Waals surface area (Å²) in [7, 11) is 0. The van der Waals surface area contributed by atoms with Crippen molar-refractivity contribution in [2.45, 2.75) is 32.9 Å². The van der Waals surface area contributed by atoms with Gasteiger partial charge in [0.1, 0.15) is 11.4 Å². The number of hydrogen-bond acceptors (Lipinski definition) is 6. The van der Waals surface area contributed by atoms with Gasteiger partial charge in [-0.2, -0.15) is 0 Å². The number of anilines is 2. The van der Waals surface area contributed by atoms with Crippen molar-refractivity contribution in [2.24, 2.45) is 0 Å². The van der Waals surface area contributed by atoms with Gasteiger partial charge in [0.2, 0.25) is 0 Å². The summed E-state index contributed by atoms with van der Waals surface area (Å²) in [5.74, 6) is -0.672. The number of carbonyl (C=O) groups excluding carboxylic acids is 2. The number of halogens is 1. The summed E-state index contributed by atoms with van der Waals surface area (Å²) in [6.45, 7) is 5.99. The molecule has 1 aliphatic rings. The summed E-state index contributed by atoms with van der Waals surface area (Å²) in [5.41, 5.74) is 6.03. The minimum atomic E-state index is -0.370. The van der Waals surface area contributed by atoms with E-state index in [2.05, 4.69) is 25.5 Å². The first-order chi connectivity index (χ1) is 19.3. The van der Waals surface area contributed by atoms with Crippen molar-refractivity contribution in [3.8, 4) is 11.1 Å². The standard InChI is InChI=1S/C31H30ClN5O3/c1-19-9-11-27(33-15-19)30(39)35-25-7-3-5-23(20(25)2)24-6-4-8-26(29(24)32)36-31(40)28-12-10-21(16-34-28)17-37-14-13-22(38)18-37/h3-12,15-16,22,38H,13-14,17-18H2,1-2H3,(H,35,39)(H,36,40)/t22-/m1/s1. The van der Waals surface area contributed by atoms with Crippen molar-refractivity contribution in [2.75, 3.05) is 23.7 Å². The van der Waals surface area contributed by atoms with E-state index >= 15 is 0 Å². The summed E-state index contributed by atoms with van der Waals surface area (Å²) in [6, 6.07) is 18.1. The Morgan fingerprint density at radius 1 is 0.900 bits per heavy atom. The average molecular weight is 556 g/mol. The number of β-amino-alcohol motifs (C(OH)–C–C–N with tert-alkyl or cyclic N) is 1. The van der Waals surface area contributed by atoms with Crippen LogP contribution in [0.5, 0.6) is 0 Å². The fraction of sp³-hybridized carbons (Fsp3) is 0.226. The molecule has 5 rings (SSSR count). The van der Waals surface area contributed by atoms with Gasteiger partial charge in [-0.3, -0.25) is 24.5 Å². The van der Waals surface area contributed by atoms with Crippen LogP contribution in [-0.4, -0.2) is 51.0 Å². The average Bonchev–Trinajstić information content (AvgIpc) is 3.36. The maximum atomic E-state index is 13.0. The summed E-state index contributed by atoms with van der Waals surface area (Å²) in [6.07, 6.45) is 3.84. The number of amides is 2. The van der Waals surface area contributed by atoms with E-state index in [0.717, 1.165) is 40.8 Å². The van der Waals surface area contributed by atoms with E-state index in [1.54, 1.807) is 30.6 Å². The molecule has 204 valence electrons. The number of benzene rings is 2. The molecule has 0 aliphatic carbocycles. The zero-order valence-corrected chi connectivity index (χ0v) is 23.1. The molecule has 3 N–H and O–H groups in total. The minimum Gasteiger partial charge on any atom is -0.392 e. The Hall–Kier alpha value is -4.11. The van der Waals surface area contributed by atoms with Crippen LogP contribution in [0, 0.1) is 13.8 Å². The van der Waals surface area contributed by atoms with E-state index in [0.29, 0.717) is 35.2 Å². The van der Waals surface area contributed by atoms with Crippen molar-refractivity contribution < 1.29 is 14.7 Å². The van der Waals surface area contributed by atoms with Crippen molar-refractivity contribution in [3.63, 3.8) is 0 Å². The fourth-order valence-electron chi connectivity index (χ4n) is 4.74. The molecule has 9 heteroatoms. The minimum absolute atomic E-state index is 0.275. The van der Waals surface area contributed by atoms with Crippen LogP contribution in [0.15, 0.2) is 73.1 Å². The van der Waals surface area contributed by atoms with Gasteiger partial charge in [-0.1, -0.05) is 48.0 Å². The molecule has 3 heterocycles. The number of aliphatic hydroxyl groups is 1. The van der Waals surface area contributed by atoms with Gasteiger partial charge in [-0.05, 0) is 66.8 Å². The largest absolute Gasteiger partial charge is 0.392 e. The van der Waals surface area contributed by atoms with Crippen LogP contribution in [0.4, 0.5) is 11.4 Å². The topological polar surface area (TPSA) is 107 Å². The molecule has 0 bridgehead atoms. The summed E-state index contributed by atoms with van der Waals surface area (Å²) in [4.78, 5) is 36.4. The molecule has 2 aromatic heterocycles. The third-order valence-electron chi connectivity index (χ3n) is 6.97. The van der Waals surface area contributed by atoms with E-state index in [4.69, 9.17) is 11.6 Å². The number of nitrogens with one attached hydrogen (secondary N) is 2. The summed E-state index contributed by atoms with van der Waals surface area (Å²) < 4.78 is 0. The molecule has 0 spiro atoms. The van der Waals surface area contributed by atoms with Crippen LogP contribution < -0.4 is 10.6 Å². The van der Waals surface area contributed by atoms with Gasteiger partial charge in [0.25, 0.3) is 11.8 Å². The summed E-state index contributed by atoms with van der Waals surface area (Å²) >= 11 is 6.79. The maximum Gasteiger partial charge on any atom is 0.274 e. The Kier molecular flexibility index (Phi) is 8.21. The number of aliphatic hydroxyl groups excluding tert-OH is 1. The number of likely N-dealkylation sites (tertiary alicyclic amines) is 1. The highest BCUT2D eigenvalue weighted by atomic mass is 35.5. The number of aryl methyl sites for hydroxylation is 1. The van der Waals surface area contributed by atoms with Crippen LogP contribution in [0.2, 0.25) is 5.02 Å². The van der Waals surface area contributed by atoms with Gasteiger partial charge < -0.3 is 15.7 Å². The van der Waals surface area contributed by atoms with Gasteiger partial charge in [-0.25, -0.2) is 0 Å². The second-order valence-electron chi connectivity index (χ2n) is 10.0. The molecule has 1 atom stereocenters. The lowest BCUT2D eigenvalue weighted by Gasteiger charge is -2.16. The number of carbonyl (C=O) groups is 2. The van der Waals surface area contributed by atoms with Crippen LogP contribution in [0.25, 0.3) is 11.1 Å². The number of aromatic nitrogens is 2. The molecule has 40 heavy (non-hydrogen) atoms. The number of nitrogens with zero attached hydrogens (tertiary/aromatic N) is 3. The second-order valence-corrected chi connectivity index (χ2v) is 10.4. The first-order valence-electron chi connectivity index (χ1n) is 13.1. The van der Waals surface area contributed by atoms with Gasteiger partial charge >= 0.3 is 0 Å². The lowest BCUT2D eigenvalue weighted by Crippen LogP contribution is -2.21. The predicted molar refractivity (Wildman–Crippen MR) is 157 cm³/mol. The van der Waals surface area contributed by atoms with Crippen molar-refractivity contribution in [3.05, 3.63) is 106 Å². The molecular formula is C31H30ClN5O3. The third kappa shape index (κ3) is 6.20. The number of rotatable bonds is 7. The lowest BCUT2D eigenvalue weighted by molar-refractivity contribution is 0.101. The van der Waals surface area contributed by atoms with Crippen LogP contribution in [0.3, 0.4) is 0 Å². The Labute approximate surface area is 238 Å². The van der Waals surface area contributed by atoms with E-state index in [9.17, 15) is 14.7 Å². The molecule has 1 aliphatic heterocycles. The lowest BCUT2D eigenvalue weighted by atomic mass is 9.98. The van der Waals surface area contributed by atoms with Crippen molar-refractivity contribution >= 4 is 34.8 Å². The van der Waals surface area contributed by atoms with Crippen LogP contribution in [-0.2, 0) is 6.54 Å². The van der Waals surface area contributed by atoms with E-state index in [1.165, 1.54) is 0 Å². The highest BCUT2D eigenvalue weighted by molar-refractivity contribution is 6.36.